The van der Waals surface area contributed by atoms with E-state index in [1.165, 1.54) is 29.5 Å². The molecular formula is C30H38N6O. The molecular weight excluding hydrogens is 460 g/mol. The van der Waals surface area contributed by atoms with Crippen molar-refractivity contribution in [1.82, 2.24) is 30.1 Å². The highest BCUT2D eigenvalue weighted by Gasteiger charge is 2.30. The van der Waals surface area contributed by atoms with Crippen molar-refractivity contribution in [3.8, 4) is 0 Å². The second kappa shape index (κ2) is 11.0. The van der Waals surface area contributed by atoms with Gasteiger partial charge < -0.3 is 4.98 Å². The molecule has 37 heavy (non-hydrogen) atoms. The number of aromatic amines is 1. The van der Waals surface area contributed by atoms with E-state index in [0.29, 0.717) is 19.1 Å². The van der Waals surface area contributed by atoms with Crippen molar-refractivity contribution in [3.05, 3.63) is 86.5 Å². The summed E-state index contributed by atoms with van der Waals surface area (Å²) in [6.45, 7) is 9.72. The number of aromatic nitrogens is 5. The van der Waals surface area contributed by atoms with Gasteiger partial charge in [0, 0.05) is 29.6 Å². The lowest BCUT2D eigenvalue weighted by Crippen LogP contribution is -2.33. The van der Waals surface area contributed by atoms with E-state index in [-0.39, 0.29) is 11.6 Å². The maximum absolute atomic E-state index is 13.3. The highest BCUT2D eigenvalue weighted by Crippen LogP contribution is 2.34. The fraction of sp³-hybridized carbons (Fsp3) is 0.467. The fourth-order valence-corrected chi connectivity index (χ4v) is 5.83. The zero-order chi connectivity index (χ0) is 25.9. The summed E-state index contributed by atoms with van der Waals surface area (Å²) in [5, 5.41) is 14.2. The van der Waals surface area contributed by atoms with Crippen molar-refractivity contribution >= 4 is 10.9 Å². The number of pyridine rings is 1. The van der Waals surface area contributed by atoms with Crippen LogP contribution in [-0.4, -0.2) is 30.1 Å². The maximum atomic E-state index is 13.3. The van der Waals surface area contributed by atoms with Crippen molar-refractivity contribution in [2.45, 2.75) is 91.4 Å². The first-order chi connectivity index (χ1) is 17.9. The third-order valence-electron chi connectivity index (χ3n) is 7.76. The van der Waals surface area contributed by atoms with Crippen LogP contribution in [0.4, 0.5) is 0 Å². The van der Waals surface area contributed by atoms with Gasteiger partial charge in [0.25, 0.3) is 5.56 Å². The summed E-state index contributed by atoms with van der Waals surface area (Å²) >= 11 is 0. The Morgan fingerprint density at radius 2 is 1.78 bits per heavy atom. The van der Waals surface area contributed by atoms with E-state index in [4.69, 9.17) is 0 Å². The highest BCUT2D eigenvalue weighted by molar-refractivity contribution is 5.83. The van der Waals surface area contributed by atoms with Gasteiger partial charge in [-0.15, -0.1) is 5.10 Å². The maximum Gasteiger partial charge on any atom is 0.252 e. The molecule has 4 aromatic rings. The number of fused-ring (bicyclic) bond motifs is 1. The molecule has 1 atom stereocenters. The van der Waals surface area contributed by atoms with Crippen molar-refractivity contribution in [3.63, 3.8) is 0 Å². The highest BCUT2D eigenvalue weighted by atomic mass is 16.1. The Morgan fingerprint density at radius 1 is 1.03 bits per heavy atom. The summed E-state index contributed by atoms with van der Waals surface area (Å²) in [6, 6.07) is 15.3. The van der Waals surface area contributed by atoms with Gasteiger partial charge in [0.2, 0.25) is 0 Å². The molecule has 0 saturated heterocycles. The number of tetrazole rings is 1. The predicted molar refractivity (Wildman–Crippen MR) is 147 cm³/mol. The third kappa shape index (κ3) is 5.52. The molecule has 0 unspecified atom stereocenters. The largest absolute Gasteiger partial charge is 0.322 e. The number of nitrogens with zero attached hydrogens (tertiary/aromatic N) is 5. The molecule has 0 radical (unpaired) electrons. The zero-order valence-corrected chi connectivity index (χ0v) is 22.5. The Bertz CT molecular complexity index is 1410. The molecule has 0 aliphatic heterocycles. The quantitative estimate of drug-likeness (QED) is 0.302. The van der Waals surface area contributed by atoms with Gasteiger partial charge in [-0.05, 0) is 79.3 Å². The van der Waals surface area contributed by atoms with Crippen LogP contribution in [0.3, 0.4) is 0 Å². The molecule has 2 aromatic heterocycles. The van der Waals surface area contributed by atoms with E-state index in [0.717, 1.165) is 53.5 Å². The molecule has 7 heteroatoms. The first kappa shape index (κ1) is 25.3. The van der Waals surface area contributed by atoms with E-state index in [1.54, 1.807) is 0 Å². The van der Waals surface area contributed by atoms with Crippen LogP contribution in [-0.2, 0) is 13.1 Å². The van der Waals surface area contributed by atoms with Crippen molar-refractivity contribution in [1.29, 1.82) is 0 Å². The van der Waals surface area contributed by atoms with Gasteiger partial charge in [0.1, 0.15) is 0 Å². The molecule has 0 amide bonds. The minimum atomic E-state index is -0.0305. The first-order valence-corrected chi connectivity index (χ1v) is 13.6. The molecule has 5 rings (SSSR count). The van der Waals surface area contributed by atoms with Crippen LogP contribution in [0.5, 0.6) is 0 Å². The predicted octanol–water partition coefficient (Wildman–Crippen LogP) is 6.10. The molecule has 2 heterocycles. The number of hydrogen-bond donors (Lipinski definition) is 1. The molecule has 1 fully saturated rings. The lowest BCUT2D eigenvalue weighted by atomic mass is 10.0. The molecule has 0 bridgehead atoms. The zero-order valence-electron chi connectivity index (χ0n) is 22.5. The second-order valence-electron chi connectivity index (χ2n) is 10.8. The Kier molecular flexibility index (Phi) is 7.51. The van der Waals surface area contributed by atoms with E-state index in [2.05, 4.69) is 94.2 Å². The lowest BCUT2D eigenvalue weighted by molar-refractivity contribution is 0.153. The number of rotatable bonds is 9. The van der Waals surface area contributed by atoms with Gasteiger partial charge in [0.15, 0.2) is 5.82 Å². The fourth-order valence-electron chi connectivity index (χ4n) is 5.83. The van der Waals surface area contributed by atoms with Crippen LogP contribution >= 0.6 is 0 Å². The van der Waals surface area contributed by atoms with Crippen LogP contribution in [0.2, 0.25) is 0 Å². The smallest absolute Gasteiger partial charge is 0.252 e. The monoisotopic (exact) mass is 498 g/mol. The molecule has 1 saturated carbocycles. The Morgan fingerprint density at radius 3 is 2.51 bits per heavy atom. The summed E-state index contributed by atoms with van der Waals surface area (Å²) in [6.07, 6.45) is 6.61. The second-order valence-corrected chi connectivity index (χ2v) is 10.8. The summed E-state index contributed by atoms with van der Waals surface area (Å²) in [5.41, 5.74) is 6.41. The molecule has 1 N–H and O–H groups in total. The van der Waals surface area contributed by atoms with Crippen LogP contribution < -0.4 is 5.56 Å². The van der Waals surface area contributed by atoms with E-state index < -0.39 is 0 Å². The van der Waals surface area contributed by atoms with Crippen LogP contribution in [0.1, 0.15) is 91.2 Å². The van der Waals surface area contributed by atoms with Crippen molar-refractivity contribution < 1.29 is 0 Å². The molecule has 1 aliphatic rings. The topological polar surface area (TPSA) is 79.7 Å². The number of nitrogens with one attached hydrogen (secondary N) is 1. The minimum absolute atomic E-state index is 0.0103. The molecule has 2 aromatic carbocycles. The Labute approximate surface area is 218 Å². The average molecular weight is 499 g/mol. The van der Waals surface area contributed by atoms with Gasteiger partial charge >= 0.3 is 0 Å². The standard InChI is InChI=1S/C30H38N6O/c1-5-8-28(29-32-33-34-36(29)25-9-6-7-10-25)35(18-23-13-11-20(2)12-14-23)19-24-17-26-22(4)15-21(3)16-27(26)31-30(24)37/h11-17,25,28H,5-10,18-19H2,1-4H3,(H,31,37)/t28-/m1/s1. The van der Waals surface area contributed by atoms with Crippen molar-refractivity contribution in [2.24, 2.45) is 0 Å². The lowest BCUT2D eigenvalue weighted by Gasteiger charge is -2.31. The Balaban J connectivity index is 1.56. The first-order valence-electron chi connectivity index (χ1n) is 13.6. The SMILES string of the molecule is CCC[C@H](c1nnnn1C1CCCC1)N(Cc1ccc(C)cc1)Cc1cc2c(C)cc(C)cc2[nH]c1=O. The summed E-state index contributed by atoms with van der Waals surface area (Å²) in [5.74, 6) is 0.921. The number of benzene rings is 2. The number of hydrogen-bond acceptors (Lipinski definition) is 5. The summed E-state index contributed by atoms with van der Waals surface area (Å²) in [7, 11) is 0. The van der Waals surface area contributed by atoms with Crippen molar-refractivity contribution in [2.75, 3.05) is 0 Å². The molecule has 7 nitrogen and oxygen atoms in total. The normalized spacial score (nSPS) is 15.2. The minimum Gasteiger partial charge on any atom is -0.322 e. The van der Waals surface area contributed by atoms with Gasteiger partial charge in [-0.1, -0.05) is 62.1 Å². The summed E-state index contributed by atoms with van der Waals surface area (Å²) in [4.78, 5) is 18.8. The number of aryl methyl sites for hydroxylation is 3. The van der Waals surface area contributed by atoms with Crippen LogP contribution in [0, 0.1) is 20.8 Å². The molecule has 1 aliphatic carbocycles. The molecule has 194 valence electrons. The van der Waals surface area contributed by atoms with E-state index >= 15 is 0 Å². The van der Waals surface area contributed by atoms with Crippen LogP contribution in [0.15, 0.2) is 47.3 Å². The van der Waals surface area contributed by atoms with Gasteiger partial charge in [-0.25, -0.2) is 4.68 Å². The Hall–Kier alpha value is -3.32. The van der Waals surface area contributed by atoms with Gasteiger partial charge in [-0.2, -0.15) is 0 Å². The van der Waals surface area contributed by atoms with Gasteiger partial charge in [0.05, 0.1) is 12.1 Å². The average Bonchev–Trinajstić information content (AvgIpc) is 3.56. The molecule has 0 spiro atoms. The van der Waals surface area contributed by atoms with E-state index in [9.17, 15) is 4.79 Å². The van der Waals surface area contributed by atoms with Crippen LogP contribution in [0.25, 0.3) is 10.9 Å². The third-order valence-corrected chi connectivity index (χ3v) is 7.76. The van der Waals surface area contributed by atoms with E-state index in [1.807, 2.05) is 6.07 Å². The van der Waals surface area contributed by atoms with Gasteiger partial charge in [-0.3, -0.25) is 9.69 Å². The number of H-pyrrole nitrogens is 1. The summed E-state index contributed by atoms with van der Waals surface area (Å²) < 4.78 is 2.08.